The number of fused-ring (bicyclic) bond motifs is 1. The zero-order chi connectivity index (χ0) is 26.5. The zero-order valence-corrected chi connectivity index (χ0v) is 22.6. The fourth-order valence-electron chi connectivity index (χ4n) is 4.74. The molecular formula is C27H29N7O2S. The van der Waals surface area contributed by atoms with Crippen LogP contribution in [0.5, 0.6) is 0 Å². The largest absolute Gasteiger partial charge is 0.353 e. The maximum absolute atomic E-state index is 12.9. The molecule has 0 aliphatic carbocycles. The van der Waals surface area contributed by atoms with Crippen LogP contribution in [0.3, 0.4) is 0 Å². The quantitative estimate of drug-likeness (QED) is 0.399. The maximum Gasteiger partial charge on any atom is 0.177 e. The van der Waals surface area contributed by atoms with E-state index in [1.165, 1.54) is 6.26 Å². The van der Waals surface area contributed by atoms with E-state index in [1.54, 1.807) is 16.8 Å². The van der Waals surface area contributed by atoms with Crippen LogP contribution in [-0.2, 0) is 29.7 Å². The van der Waals surface area contributed by atoms with Gasteiger partial charge in [0.15, 0.2) is 9.84 Å². The minimum absolute atomic E-state index is 0.197. The number of nitrogens with one attached hydrogen (secondary N) is 1. The van der Waals surface area contributed by atoms with Gasteiger partial charge in [0, 0.05) is 55.0 Å². The Morgan fingerprint density at radius 2 is 1.73 bits per heavy atom. The van der Waals surface area contributed by atoms with Gasteiger partial charge in [0.25, 0.3) is 0 Å². The monoisotopic (exact) mass is 515 g/mol. The molecule has 0 saturated heterocycles. The van der Waals surface area contributed by atoms with Crippen LogP contribution in [0.1, 0.15) is 41.1 Å². The predicted molar refractivity (Wildman–Crippen MR) is 145 cm³/mol. The van der Waals surface area contributed by atoms with Crippen LogP contribution in [-0.4, -0.2) is 45.1 Å². The highest BCUT2D eigenvalue weighted by molar-refractivity contribution is 7.90. The molecule has 0 unspecified atom stereocenters. The molecule has 1 aliphatic rings. The molecule has 10 heteroatoms. The molecule has 1 aliphatic heterocycles. The van der Waals surface area contributed by atoms with Crippen molar-refractivity contribution in [3.8, 4) is 11.3 Å². The summed E-state index contributed by atoms with van der Waals surface area (Å²) in [5.74, 6) is 0.717. The predicted octanol–water partition coefficient (Wildman–Crippen LogP) is 4.58. The molecule has 0 atom stereocenters. The van der Waals surface area contributed by atoms with E-state index in [-0.39, 0.29) is 4.90 Å². The summed E-state index contributed by atoms with van der Waals surface area (Å²) in [5.41, 5.74) is 8.83. The molecule has 0 spiro atoms. The van der Waals surface area contributed by atoms with Gasteiger partial charge in [0.1, 0.15) is 11.5 Å². The van der Waals surface area contributed by atoms with Gasteiger partial charge in [-0.2, -0.15) is 5.10 Å². The third-order valence-corrected chi connectivity index (χ3v) is 7.30. The fraction of sp³-hybridized carbons (Fsp3) is 0.296. The van der Waals surface area contributed by atoms with Gasteiger partial charge in [-0.1, -0.05) is 6.07 Å². The van der Waals surface area contributed by atoms with E-state index in [0.29, 0.717) is 24.2 Å². The molecule has 1 aromatic carbocycles. The molecule has 190 valence electrons. The Hall–Kier alpha value is -3.92. The molecule has 37 heavy (non-hydrogen) atoms. The van der Waals surface area contributed by atoms with Crippen molar-refractivity contribution in [2.45, 2.75) is 45.4 Å². The first kappa shape index (κ1) is 24.8. The Morgan fingerprint density at radius 3 is 2.41 bits per heavy atom. The average Bonchev–Trinajstić information content (AvgIpc) is 3.33. The summed E-state index contributed by atoms with van der Waals surface area (Å²) < 4.78 is 27.4. The van der Waals surface area contributed by atoms with Crippen LogP contribution in [0.25, 0.3) is 11.3 Å². The molecule has 0 fully saturated rings. The Balaban J connectivity index is 1.57. The van der Waals surface area contributed by atoms with Crippen molar-refractivity contribution in [1.29, 1.82) is 0 Å². The van der Waals surface area contributed by atoms with Crippen LogP contribution in [0.4, 0.5) is 17.1 Å². The van der Waals surface area contributed by atoms with E-state index in [4.69, 9.17) is 9.98 Å². The molecule has 1 N–H and O–H groups in total. The number of pyridine rings is 1. The number of benzene rings is 1. The van der Waals surface area contributed by atoms with Crippen LogP contribution >= 0.6 is 0 Å². The number of rotatable bonds is 6. The zero-order valence-electron chi connectivity index (χ0n) is 21.8. The number of hydrogen-bond donors (Lipinski definition) is 1. The number of nitrogens with zero attached hydrogens (tertiary/aromatic N) is 6. The minimum Gasteiger partial charge on any atom is -0.353 e. The summed E-state index contributed by atoms with van der Waals surface area (Å²) in [5, 5.41) is 7.86. The second kappa shape index (κ2) is 9.19. The van der Waals surface area contributed by atoms with E-state index in [0.717, 1.165) is 56.8 Å². The van der Waals surface area contributed by atoms with E-state index in [2.05, 4.69) is 20.4 Å². The lowest BCUT2D eigenvalue weighted by molar-refractivity contribution is 0.602. The van der Waals surface area contributed by atoms with Gasteiger partial charge in [0.05, 0.1) is 33.4 Å². The van der Waals surface area contributed by atoms with Crippen LogP contribution in [0, 0.1) is 20.8 Å². The number of aryl methyl sites for hydroxylation is 4. The molecule has 0 radical (unpaired) electrons. The van der Waals surface area contributed by atoms with Gasteiger partial charge in [-0.05, 0) is 57.5 Å². The van der Waals surface area contributed by atoms with E-state index in [1.807, 2.05) is 59.1 Å². The highest BCUT2D eigenvalue weighted by atomic mass is 32.2. The average molecular weight is 516 g/mol. The van der Waals surface area contributed by atoms with E-state index < -0.39 is 9.84 Å². The summed E-state index contributed by atoms with van der Waals surface area (Å²) in [6.07, 6.45) is 4.30. The van der Waals surface area contributed by atoms with Gasteiger partial charge in [-0.3, -0.25) is 14.7 Å². The first-order valence-corrected chi connectivity index (χ1v) is 13.9. The number of anilines is 2. The van der Waals surface area contributed by atoms with Crippen molar-refractivity contribution >= 4 is 32.6 Å². The second-order valence-electron chi connectivity index (χ2n) is 9.65. The molecule has 5 rings (SSSR count). The van der Waals surface area contributed by atoms with Gasteiger partial charge in [-0.25, -0.2) is 18.4 Å². The molecule has 0 saturated carbocycles. The third kappa shape index (κ3) is 5.15. The van der Waals surface area contributed by atoms with Crippen molar-refractivity contribution < 1.29 is 8.42 Å². The first-order chi connectivity index (χ1) is 17.5. The molecule has 0 amide bonds. The van der Waals surface area contributed by atoms with Crippen molar-refractivity contribution in [3.63, 3.8) is 0 Å². The Bertz CT molecular complexity index is 1670. The van der Waals surface area contributed by atoms with Crippen molar-refractivity contribution in [3.05, 3.63) is 70.7 Å². The first-order valence-electron chi connectivity index (χ1n) is 12.0. The highest BCUT2D eigenvalue weighted by Gasteiger charge is 2.22. The van der Waals surface area contributed by atoms with Gasteiger partial charge in [-0.15, -0.1) is 0 Å². The molecule has 9 nitrogen and oxygen atoms in total. The lowest BCUT2D eigenvalue weighted by Crippen LogP contribution is -2.06. The van der Waals surface area contributed by atoms with Crippen molar-refractivity contribution in [2.24, 2.45) is 12.0 Å². The molecular weight excluding hydrogens is 486 g/mol. The SMILES string of the molecule is CC1=Nc2c(Nc3ccc(-c4nn(C)cc4C)cc3S(C)(=O)=O)cc(Cc3cc(C)nc(C)n3)nc2C1. The Labute approximate surface area is 216 Å². The topological polar surface area (TPSA) is 115 Å². The number of aliphatic imine (C=N–C) groups is 1. The van der Waals surface area contributed by atoms with Gasteiger partial charge < -0.3 is 5.32 Å². The van der Waals surface area contributed by atoms with Crippen LogP contribution in [0.2, 0.25) is 0 Å². The van der Waals surface area contributed by atoms with Crippen LogP contribution < -0.4 is 5.32 Å². The normalized spacial score (nSPS) is 13.0. The summed E-state index contributed by atoms with van der Waals surface area (Å²) >= 11 is 0. The standard InChI is InChI=1S/C27H29N7O2S/c1-15-14-34(5)33-26(15)19-7-8-22(25(11-19)37(6,35)36)32-24-13-21(31-23-10-17(3)29-27(23)24)12-20-9-16(2)28-18(4)30-20/h7-9,11,13-14H,10,12H2,1-6H3,(H,31,32). The maximum atomic E-state index is 12.9. The summed E-state index contributed by atoms with van der Waals surface area (Å²) in [7, 11) is -1.70. The fourth-order valence-corrected chi connectivity index (χ4v) is 5.60. The molecule has 3 aromatic heterocycles. The number of sulfone groups is 1. The van der Waals surface area contributed by atoms with Crippen molar-refractivity contribution in [2.75, 3.05) is 11.6 Å². The van der Waals surface area contributed by atoms with Crippen LogP contribution in [0.15, 0.2) is 46.4 Å². The summed E-state index contributed by atoms with van der Waals surface area (Å²) in [4.78, 5) is 18.7. The number of aromatic nitrogens is 5. The third-order valence-electron chi connectivity index (χ3n) is 6.16. The molecule has 4 heterocycles. The van der Waals surface area contributed by atoms with E-state index >= 15 is 0 Å². The summed E-state index contributed by atoms with van der Waals surface area (Å²) in [6.45, 7) is 7.74. The Kier molecular flexibility index (Phi) is 6.15. The Morgan fingerprint density at radius 1 is 0.973 bits per heavy atom. The molecule has 4 aromatic rings. The van der Waals surface area contributed by atoms with Gasteiger partial charge in [0.2, 0.25) is 0 Å². The summed E-state index contributed by atoms with van der Waals surface area (Å²) in [6, 6.07) is 9.23. The second-order valence-corrected chi connectivity index (χ2v) is 11.6. The minimum atomic E-state index is -3.55. The lowest BCUT2D eigenvalue weighted by Gasteiger charge is -2.16. The lowest BCUT2D eigenvalue weighted by atomic mass is 10.1. The van der Waals surface area contributed by atoms with E-state index in [9.17, 15) is 8.42 Å². The van der Waals surface area contributed by atoms with Gasteiger partial charge >= 0.3 is 0 Å². The molecule has 0 bridgehead atoms. The van der Waals surface area contributed by atoms with Crippen molar-refractivity contribution in [1.82, 2.24) is 24.7 Å². The number of hydrogen-bond acceptors (Lipinski definition) is 8. The highest BCUT2D eigenvalue weighted by Crippen LogP contribution is 2.38. The smallest absolute Gasteiger partial charge is 0.177 e.